The summed E-state index contributed by atoms with van der Waals surface area (Å²) < 4.78 is 42.6. The minimum atomic E-state index is -4.41. The van der Waals surface area contributed by atoms with Gasteiger partial charge in [0.15, 0.2) is 6.61 Å². The van der Waals surface area contributed by atoms with Crippen molar-refractivity contribution < 1.29 is 27.5 Å². The number of carbonyl (C=O) groups is 2. The lowest BCUT2D eigenvalue weighted by Gasteiger charge is -2.21. The predicted molar refractivity (Wildman–Crippen MR) is 79.3 cm³/mol. The van der Waals surface area contributed by atoms with Crippen molar-refractivity contribution in [2.75, 3.05) is 32.8 Å². The molecular weight excluding hydrogens is 327 g/mol. The normalized spacial score (nSPS) is 15.8. The van der Waals surface area contributed by atoms with E-state index in [4.69, 9.17) is 10.5 Å². The van der Waals surface area contributed by atoms with Gasteiger partial charge in [-0.15, -0.1) is 0 Å². The van der Waals surface area contributed by atoms with Gasteiger partial charge in [0.05, 0.1) is 5.56 Å². The lowest BCUT2D eigenvalue weighted by Crippen LogP contribution is -2.40. The zero-order chi connectivity index (χ0) is 17.7. The van der Waals surface area contributed by atoms with Gasteiger partial charge >= 0.3 is 12.2 Å². The number of urea groups is 1. The maximum Gasteiger partial charge on any atom is 0.416 e. The first kappa shape index (κ1) is 17.9. The monoisotopic (exact) mass is 345 g/mol. The number of nitrogens with zero attached hydrogens (tertiary/aromatic N) is 2. The van der Waals surface area contributed by atoms with Gasteiger partial charge in [0, 0.05) is 26.2 Å². The Labute approximate surface area is 137 Å². The molecule has 24 heavy (non-hydrogen) atoms. The number of carbonyl (C=O) groups excluding carboxylic acids is 2. The van der Waals surface area contributed by atoms with Crippen LogP contribution in [0.5, 0.6) is 5.75 Å². The van der Waals surface area contributed by atoms with Crippen LogP contribution in [-0.2, 0) is 11.0 Å². The molecule has 9 heteroatoms. The van der Waals surface area contributed by atoms with E-state index in [9.17, 15) is 22.8 Å². The molecule has 0 atom stereocenters. The van der Waals surface area contributed by atoms with Gasteiger partial charge in [-0.1, -0.05) is 0 Å². The van der Waals surface area contributed by atoms with Crippen LogP contribution in [0.3, 0.4) is 0 Å². The number of primary amides is 1. The van der Waals surface area contributed by atoms with Crippen molar-refractivity contribution in [2.24, 2.45) is 5.73 Å². The summed E-state index contributed by atoms with van der Waals surface area (Å²) in [6.45, 7) is 1.37. The number of halogens is 3. The summed E-state index contributed by atoms with van der Waals surface area (Å²) >= 11 is 0. The first-order valence-electron chi connectivity index (χ1n) is 7.39. The van der Waals surface area contributed by atoms with Gasteiger partial charge in [0.25, 0.3) is 5.91 Å². The summed E-state index contributed by atoms with van der Waals surface area (Å²) in [6.07, 6.45) is -3.80. The van der Waals surface area contributed by atoms with Crippen molar-refractivity contribution in [3.63, 3.8) is 0 Å². The Hall–Kier alpha value is -2.45. The molecule has 1 aromatic rings. The number of ether oxygens (including phenoxy) is 1. The molecule has 1 aromatic carbocycles. The van der Waals surface area contributed by atoms with E-state index in [2.05, 4.69) is 0 Å². The molecule has 132 valence electrons. The standard InChI is InChI=1S/C15H18F3N3O3/c16-15(17,18)11-2-4-12(5-3-11)24-10-13(22)20-6-1-7-21(9-8-20)14(19)23/h2-5H,1,6-10H2,(H2,19,23). The van der Waals surface area contributed by atoms with Gasteiger partial charge < -0.3 is 20.3 Å². The van der Waals surface area contributed by atoms with E-state index >= 15 is 0 Å². The molecule has 6 nitrogen and oxygen atoms in total. The molecule has 0 aromatic heterocycles. The van der Waals surface area contributed by atoms with E-state index in [1.807, 2.05) is 0 Å². The molecule has 1 aliphatic heterocycles. The van der Waals surface area contributed by atoms with Crippen LogP contribution in [0.25, 0.3) is 0 Å². The highest BCUT2D eigenvalue weighted by molar-refractivity contribution is 5.78. The molecule has 0 bridgehead atoms. The topological polar surface area (TPSA) is 75.9 Å². The molecule has 2 N–H and O–H groups in total. The third-order valence-electron chi connectivity index (χ3n) is 3.70. The van der Waals surface area contributed by atoms with E-state index in [1.54, 1.807) is 4.90 Å². The molecule has 1 saturated heterocycles. The van der Waals surface area contributed by atoms with Crippen LogP contribution in [0.15, 0.2) is 24.3 Å². The van der Waals surface area contributed by atoms with Crippen LogP contribution in [0.2, 0.25) is 0 Å². The number of hydrogen-bond acceptors (Lipinski definition) is 3. The van der Waals surface area contributed by atoms with Crippen molar-refractivity contribution in [1.29, 1.82) is 0 Å². The maximum absolute atomic E-state index is 12.5. The Balaban J connectivity index is 1.85. The molecule has 3 amide bonds. The van der Waals surface area contributed by atoms with E-state index in [1.165, 1.54) is 17.0 Å². The van der Waals surface area contributed by atoms with Crippen LogP contribution in [0, 0.1) is 0 Å². The highest BCUT2D eigenvalue weighted by Gasteiger charge is 2.30. The summed E-state index contributed by atoms with van der Waals surface area (Å²) in [7, 11) is 0. The minimum Gasteiger partial charge on any atom is -0.484 e. The van der Waals surface area contributed by atoms with E-state index < -0.39 is 17.8 Å². The largest absolute Gasteiger partial charge is 0.484 e. The Morgan fingerprint density at radius 2 is 1.62 bits per heavy atom. The summed E-state index contributed by atoms with van der Waals surface area (Å²) in [5.41, 5.74) is 4.44. The van der Waals surface area contributed by atoms with Gasteiger partial charge in [-0.25, -0.2) is 4.79 Å². The minimum absolute atomic E-state index is 0.185. The first-order valence-corrected chi connectivity index (χ1v) is 7.39. The van der Waals surface area contributed by atoms with Crippen molar-refractivity contribution >= 4 is 11.9 Å². The lowest BCUT2D eigenvalue weighted by atomic mass is 10.2. The second-order valence-corrected chi connectivity index (χ2v) is 5.37. The lowest BCUT2D eigenvalue weighted by molar-refractivity contribution is -0.137. The average Bonchev–Trinajstić information content (AvgIpc) is 2.78. The SMILES string of the molecule is NC(=O)N1CCCN(C(=O)COc2ccc(C(F)(F)F)cc2)CC1. The zero-order valence-electron chi connectivity index (χ0n) is 12.9. The van der Waals surface area contributed by atoms with Crippen LogP contribution in [0.4, 0.5) is 18.0 Å². The average molecular weight is 345 g/mol. The Bertz CT molecular complexity index is 590. The van der Waals surface area contributed by atoms with Crippen molar-refractivity contribution in [2.45, 2.75) is 12.6 Å². The molecule has 1 fully saturated rings. The van der Waals surface area contributed by atoms with E-state index in [-0.39, 0.29) is 18.3 Å². The highest BCUT2D eigenvalue weighted by atomic mass is 19.4. The third-order valence-corrected chi connectivity index (χ3v) is 3.70. The Kier molecular flexibility index (Phi) is 5.53. The second-order valence-electron chi connectivity index (χ2n) is 5.37. The van der Waals surface area contributed by atoms with Crippen molar-refractivity contribution in [3.8, 4) is 5.75 Å². The summed E-state index contributed by atoms with van der Waals surface area (Å²) in [5.74, 6) is -0.105. The zero-order valence-corrected chi connectivity index (χ0v) is 12.9. The van der Waals surface area contributed by atoms with Crippen molar-refractivity contribution in [3.05, 3.63) is 29.8 Å². The second kappa shape index (κ2) is 7.41. The van der Waals surface area contributed by atoms with Crippen LogP contribution in [0.1, 0.15) is 12.0 Å². The summed E-state index contributed by atoms with van der Waals surface area (Å²) in [6, 6.07) is 3.62. The van der Waals surface area contributed by atoms with Gasteiger partial charge in [-0.3, -0.25) is 4.79 Å². The fraction of sp³-hybridized carbons (Fsp3) is 0.467. The number of alkyl halides is 3. The predicted octanol–water partition coefficient (Wildman–Crippen LogP) is 1.70. The quantitative estimate of drug-likeness (QED) is 0.906. The number of nitrogens with two attached hydrogens (primary N) is 1. The van der Waals surface area contributed by atoms with Gasteiger partial charge in [0.2, 0.25) is 0 Å². The Morgan fingerprint density at radius 1 is 1.04 bits per heavy atom. The van der Waals surface area contributed by atoms with E-state index in [0.717, 1.165) is 12.1 Å². The Morgan fingerprint density at radius 3 is 2.21 bits per heavy atom. The molecule has 1 aliphatic rings. The number of benzene rings is 1. The smallest absolute Gasteiger partial charge is 0.416 e. The molecule has 0 spiro atoms. The molecule has 0 radical (unpaired) electrons. The molecule has 2 rings (SSSR count). The summed E-state index contributed by atoms with van der Waals surface area (Å²) in [4.78, 5) is 26.3. The van der Waals surface area contributed by atoms with Gasteiger partial charge in [-0.2, -0.15) is 13.2 Å². The molecule has 0 unspecified atom stereocenters. The third kappa shape index (κ3) is 4.77. The van der Waals surface area contributed by atoms with Crippen LogP contribution < -0.4 is 10.5 Å². The van der Waals surface area contributed by atoms with Crippen LogP contribution in [-0.4, -0.2) is 54.5 Å². The van der Waals surface area contributed by atoms with Crippen molar-refractivity contribution in [1.82, 2.24) is 9.80 Å². The maximum atomic E-state index is 12.5. The fourth-order valence-corrected chi connectivity index (χ4v) is 2.36. The highest BCUT2D eigenvalue weighted by Crippen LogP contribution is 2.30. The molecule has 0 saturated carbocycles. The first-order chi connectivity index (χ1) is 11.3. The number of hydrogen-bond donors (Lipinski definition) is 1. The fourth-order valence-electron chi connectivity index (χ4n) is 2.36. The number of rotatable bonds is 3. The summed E-state index contributed by atoms with van der Waals surface area (Å²) in [5, 5.41) is 0. The molecule has 1 heterocycles. The number of amides is 3. The van der Waals surface area contributed by atoms with Crippen LogP contribution >= 0.6 is 0 Å². The molecule has 0 aliphatic carbocycles. The van der Waals surface area contributed by atoms with Gasteiger partial charge in [0.1, 0.15) is 5.75 Å². The van der Waals surface area contributed by atoms with Gasteiger partial charge in [-0.05, 0) is 30.7 Å². The van der Waals surface area contributed by atoms with E-state index in [0.29, 0.717) is 32.6 Å². The molecular formula is C15H18F3N3O3.